The number of primary amides is 1. The smallest absolute Gasteiger partial charge is 0.254 e. The minimum atomic E-state index is -3.95. The Labute approximate surface area is 203 Å². The fourth-order valence-electron chi connectivity index (χ4n) is 2.95. The van der Waals surface area contributed by atoms with Crippen molar-refractivity contribution in [1.29, 1.82) is 0 Å². The maximum atomic E-state index is 14.4. The number of amides is 1. The minimum Gasteiger partial charge on any atom is -0.473 e. The van der Waals surface area contributed by atoms with Crippen LogP contribution in [0.1, 0.15) is 23.7 Å². The van der Waals surface area contributed by atoms with Crippen molar-refractivity contribution in [3.05, 3.63) is 81.4 Å². The van der Waals surface area contributed by atoms with Gasteiger partial charge < -0.3 is 15.8 Å². The van der Waals surface area contributed by atoms with E-state index in [1.807, 2.05) is 22.6 Å². The van der Waals surface area contributed by atoms with Crippen molar-refractivity contribution in [3.63, 3.8) is 0 Å². The summed E-state index contributed by atoms with van der Waals surface area (Å²) in [7, 11) is -3.95. The molecule has 0 aliphatic rings. The highest BCUT2D eigenvalue weighted by Gasteiger charge is 2.24. The van der Waals surface area contributed by atoms with Crippen LogP contribution in [0, 0.1) is 15.2 Å². The Hall–Kier alpha value is -2.77. The van der Waals surface area contributed by atoms with Crippen LogP contribution in [0.2, 0.25) is 0 Å². The number of hydrogen-bond acceptors (Lipinski definition) is 5. The maximum absolute atomic E-state index is 14.4. The first-order valence-electron chi connectivity index (χ1n) is 9.70. The van der Waals surface area contributed by atoms with Crippen LogP contribution in [-0.2, 0) is 10.0 Å². The number of sulfonamides is 1. The summed E-state index contributed by atoms with van der Waals surface area (Å²) in [5.41, 5.74) is 5.11. The van der Waals surface area contributed by atoms with Gasteiger partial charge >= 0.3 is 0 Å². The van der Waals surface area contributed by atoms with Crippen LogP contribution in [0.25, 0.3) is 0 Å². The molecule has 0 saturated heterocycles. The summed E-state index contributed by atoms with van der Waals surface area (Å²) >= 11 is 1.94. The van der Waals surface area contributed by atoms with Crippen molar-refractivity contribution in [2.24, 2.45) is 5.73 Å². The number of carbonyl (C=O) groups is 1. The molecule has 0 heterocycles. The van der Waals surface area contributed by atoms with E-state index < -0.39 is 33.8 Å². The predicted octanol–water partition coefficient (Wildman–Crippen LogP) is 4.51. The lowest BCUT2D eigenvalue weighted by atomic mass is 10.1. The topological polar surface area (TPSA) is 111 Å². The fourth-order valence-corrected chi connectivity index (χ4v) is 4.61. The predicted molar refractivity (Wildman–Crippen MR) is 129 cm³/mol. The lowest BCUT2D eigenvalue weighted by Gasteiger charge is -2.22. The zero-order valence-electron chi connectivity index (χ0n) is 17.3. The third-order valence-corrected chi connectivity index (χ3v) is 6.63. The number of rotatable bonds is 9. The Balaban J connectivity index is 1.95. The summed E-state index contributed by atoms with van der Waals surface area (Å²) in [6.07, 6.45) is -0.993. The second kappa shape index (κ2) is 10.4. The summed E-state index contributed by atoms with van der Waals surface area (Å²) in [4.78, 5) is 12.2. The molecule has 0 bridgehead atoms. The van der Waals surface area contributed by atoms with Gasteiger partial charge in [0, 0.05) is 9.64 Å². The van der Waals surface area contributed by atoms with E-state index in [4.69, 9.17) is 10.5 Å². The molecule has 4 N–H and O–H groups in total. The Bertz CT molecular complexity index is 1270. The molecule has 0 aliphatic carbocycles. The standard InChI is InChI=1S/C22H20F2IN3O4S/c1-2-20(28-33(30,31)15-6-4-3-5-7-15)32-19-11-13(23)10-18(21(19)22(26)29)27-17-9-8-14(25)12-16(17)24/h3-12,20,27-28H,2H2,1H3,(H2,26,29). The van der Waals surface area contributed by atoms with Crippen molar-refractivity contribution < 1.29 is 26.7 Å². The molecule has 7 nitrogen and oxygen atoms in total. The van der Waals surface area contributed by atoms with Gasteiger partial charge in [-0.05, 0) is 65.4 Å². The molecule has 3 aromatic carbocycles. The van der Waals surface area contributed by atoms with Crippen molar-refractivity contribution >= 4 is 49.9 Å². The molecule has 0 radical (unpaired) electrons. The lowest BCUT2D eigenvalue weighted by Crippen LogP contribution is -2.39. The van der Waals surface area contributed by atoms with Crippen LogP contribution in [-0.4, -0.2) is 20.6 Å². The molecule has 11 heteroatoms. The van der Waals surface area contributed by atoms with Crippen molar-refractivity contribution in [2.45, 2.75) is 24.5 Å². The summed E-state index contributed by atoms with van der Waals surface area (Å²) < 4.78 is 62.6. The molecule has 0 aliphatic heterocycles. The molecule has 0 fully saturated rings. The second-order valence-electron chi connectivity index (χ2n) is 6.89. The summed E-state index contributed by atoms with van der Waals surface area (Å²) in [6, 6.07) is 13.8. The molecule has 1 amide bonds. The van der Waals surface area contributed by atoms with Crippen molar-refractivity contribution in [2.75, 3.05) is 5.32 Å². The van der Waals surface area contributed by atoms with Crippen LogP contribution in [0.5, 0.6) is 5.75 Å². The first-order chi connectivity index (χ1) is 15.6. The number of halogens is 3. The van der Waals surface area contributed by atoms with Gasteiger partial charge in [-0.2, -0.15) is 4.72 Å². The van der Waals surface area contributed by atoms with E-state index in [1.165, 1.54) is 24.3 Å². The zero-order valence-corrected chi connectivity index (χ0v) is 20.3. The highest BCUT2D eigenvalue weighted by atomic mass is 127. The van der Waals surface area contributed by atoms with Gasteiger partial charge in [0.2, 0.25) is 10.0 Å². The molecule has 3 rings (SSSR count). The molecule has 174 valence electrons. The number of nitrogens with two attached hydrogens (primary N) is 1. The van der Waals surface area contributed by atoms with Gasteiger partial charge in [-0.25, -0.2) is 17.2 Å². The van der Waals surface area contributed by atoms with E-state index in [0.29, 0.717) is 3.57 Å². The summed E-state index contributed by atoms with van der Waals surface area (Å²) in [5.74, 6) is -2.69. The highest BCUT2D eigenvalue weighted by Crippen LogP contribution is 2.32. The first-order valence-corrected chi connectivity index (χ1v) is 12.3. The highest BCUT2D eigenvalue weighted by molar-refractivity contribution is 14.1. The Morgan fingerprint density at radius 3 is 2.39 bits per heavy atom. The third kappa shape index (κ3) is 6.18. The maximum Gasteiger partial charge on any atom is 0.254 e. The minimum absolute atomic E-state index is 0.00807. The quantitative estimate of drug-likeness (QED) is 0.252. The van der Waals surface area contributed by atoms with Crippen LogP contribution >= 0.6 is 22.6 Å². The molecule has 3 aromatic rings. The van der Waals surface area contributed by atoms with Crippen molar-refractivity contribution in [1.82, 2.24) is 4.72 Å². The summed E-state index contributed by atoms with van der Waals surface area (Å²) in [5, 5.41) is 2.66. The molecular formula is C22H20F2IN3O4S. The number of carbonyl (C=O) groups excluding carboxylic acids is 1. The fraction of sp³-hybridized carbons (Fsp3) is 0.136. The molecule has 1 unspecified atom stereocenters. The number of nitrogens with one attached hydrogen (secondary N) is 2. The number of ether oxygens (including phenoxy) is 1. The van der Waals surface area contributed by atoms with Crippen LogP contribution < -0.4 is 20.5 Å². The molecule has 0 saturated carbocycles. The average Bonchev–Trinajstić information content (AvgIpc) is 2.75. The largest absolute Gasteiger partial charge is 0.473 e. The first kappa shape index (κ1) is 24.9. The van der Waals surface area contributed by atoms with E-state index in [-0.39, 0.29) is 34.0 Å². The van der Waals surface area contributed by atoms with Gasteiger partial charge in [0.1, 0.15) is 22.9 Å². The van der Waals surface area contributed by atoms with E-state index in [2.05, 4.69) is 10.0 Å². The molecule has 0 aromatic heterocycles. The SMILES string of the molecule is CCC(NS(=O)(=O)c1ccccc1)Oc1cc(F)cc(Nc2ccc(I)cc2F)c1C(N)=O. The zero-order chi connectivity index (χ0) is 24.2. The number of benzene rings is 3. The normalized spacial score (nSPS) is 12.2. The Morgan fingerprint density at radius 2 is 1.79 bits per heavy atom. The van der Waals surface area contributed by atoms with Gasteiger partial charge in [-0.1, -0.05) is 25.1 Å². The Kier molecular flexibility index (Phi) is 7.87. The van der Waals surface area contributed by atoms with Crippen molar-refractivity contribution in [3.8, 4) is 5.75 Å². The number of anilines is 2. The third-order valence-electron chi connectivity index (χ3n) is 4.49. The average molecular weight is 587 g/mol. The van der Waals surface area contributed by atoms with Gasteiger partial charge in [-0.15, -0.1) is 0 Å². The molecule has 1 atom stereocenters. The van der Waals surface area contributed by atoms with Gasteiger partial charge in [0.15, 0.2) is 6.23 Å². The van der Waals surface area contributed by atoms with Crippen LogP contribution in [0.15, 0.2) is 65.6 Å². The van der Waals surface area contributed by atoms with Crippen LogP contribution in [0.3, 0.4) is 0 Å². The molecule has 0 spiro atoms. The molecule has 33 heavy (non-hydrogen) atoms. The molecular weight excluding hydrogens is 567 g/mol. The monoisotopic (exact) mass is 587 g/mol. The van der Waals surface area contributed by atoms with E-state index in [0.717, 1.165) is 12.1 Å². The van der Waals surface area contributed by atoms with Gasteiger partial charge in [0.05, 0.1) is 16.3 Å². The second-order valence-corrected chi connectivity index (χ2v) is 9.85. The van der Waals surface area contributed by atoms with E-state index >= 15 is 0 Å². The number of hydrogen-bond donors (Lipinski definition) is 3. The van der Waals surface area contributed by atoms with E-state index in [9.17, 15) is 22.0 Å². The van der Waals surface area contributed by atoms with E-state index in [1.54, 1.807) is 31.2 Å². The lowest BCUT2D eigenvalue weighted by molar-refractivity contribution is 0.0992. The van der Waals surface area contributed by atoms with Crippen LogP contribution in [0.4, 0.5) is 20.2 Å². The summed E-state index contributed by atoms with van der Waals surface area (Å²) in [6.45, 7) is 1.64. The van der Waals surface area contributed by atoms with Gasteiger partial charge in [-0.3, -0.25) is 4.79 Å². The Morgan fingerprint density at radius 1 is 1.09 bits per heavy atom. The van der Waals surface area contributed by atoms with Gasteiger partial charge in [0.25, 0.3) is 5.91 Å².